The molecule has 1 aliphatic carbocycles. The van der Waals surface area contributed by atoms with E-state index in [9.17, 15) is 4.79 Å². The number of hydrogen-bond acceptors (Lipinski definition) is 3. The van der Waals surface area contributed by atoms with E-state index in [-0.39, 0.29) is 24.2 Å². The average molecular weight is 369 g/mol. The van der Waals surface area contributed by atoms with Crippen LogP contribution in [0.4, 0.5) is 5.82 Å². The fraction of sp³-hybridized carbons (Fsp3) is 0.789. The van der Waals surface area contributed by atoms with Gasteiger partial charge in [-0.3, -0.25) is 9.89 Å². The number of halogens is 1. The molecule has 0 bridgehead atoms. The minimum atomic E-state index is 0. The summed E-state index contributed by atoms with van der Waals surface area (Å²) < 4.78 is 0. The van der Waals surface area contributed by atoms with E-state index in [1.807, 2.05) is 13.0 Å². The molecule has 0 spiro atoms. The number of amides is 1. The van der Waals surface area contributed by atoms with Crippen LogP contribution in [0.15, 0.2) is 6.07 Å². The summed E-state index contributed by atoms with van der Waals surface area (Å²) in [5.41, 5.74) is 1.58. The van der Waals surface area contributed by atoms with Gasteiger partial charge in [0.25, 0.3) is 0 Å². The highest BCUT2D eigenvalue weighted by Gasteiger charge is 2.31. The van der Waals surface area contributed by atoms with Crippen molar-refractivity contribution in [2.24, 2.45) is 23.2 Å². The fourth-order valence-corrected chi connectivity index (χ4v) is 4.00. The number of carbonyl (C=O) groups excluding carboxylic acids is 1. The molecule has 3 N–H and O–H groups in total. The summed E-state index contributed by atoms with van der Waals surface area (Å²) in [4.78, 5) is 12.3. The predicted octanol–water partition coefficient (Wildman–Crippen LogP) is 3.95. The molecule has 0 radical (unpaired) electrons. The first-order valence-electron chi connectivity index (χ1n) is 9.41. The number of anilines is 1. The monoisotopic (exact) mass is 368 g/mol. The largest absolute Gasteiger partial charge is 0.316 e. The summed E-state index contributed by atoms with van der Waals surface area (Å²) in [6, 6.07) is 2.03. The molecule has 2 heterocycles. The molecule has 1 aliphatic heterocycles. The highest BCUT2D eigenvalue weighted by molar-refractivity contribution is 5.91. The zero-order chi connectivity index (χ0) is 17.3. The molecule has 6 heteroatoms. The number of rotatable bonds is 4. The van der Waals surface area contributed by atoms with Crippen LogP contribution in [0.5, 0.6) is 0 Å². The Morgan fingerprint density at radius 1 is 1.24 bits per heavy atom. The second kappa shape index (κ2) is 8.09. The summed E-state index contributed by atoms with van der Waals surface area (Å²) in [5.74, 6) is 2.61. The van der Waals surface area contributed by atoms with Gasteiger partial charge in [-0.2, -0.15) is 5.10 Å². The van der Waals surface area contributed by atoms with Crippen LogP contribution in [0.3, 0.4) is 0 Å². The first-order valence-corrected chi connectivity index (χ1v) is 9.41. The van der Waals surface area contributed by atoms with Crippen LogP contribution in [0, 0.1) is 23.2 Å². The third-order valence-corrected chi connectivity index (χ3v) is 6.17. The lowest BCUT2D eigenvalue weighted by atomic mass is 9.69. The minimum absolute atomic E-state index is 0. The quantitative estimate of drug-likeness (QED) is 0.753. The van der Waals surface area contributed by atoms with Gasteiger partial charge in [0, 0.05) is 23.6 Å². The number of nitrogens with zero attached hydrogens (tertiary/aromatic N) is 1. The molecule has 2 fully saturated rings. The molecule has 1 aromatic heterocycles. The Hall–Kier alpha value is -1.07. The highest BCUT2D eigenvalue weighted by Crippen LogP contribution is 2.42. The summed E-state index contributed by atoms with van der Waals surface area (Å²) in [5, 5.41) is 13.7. The van der Waals surface area contributed by atoms with Gasteiger partial charge in [0.15, 0.2) is 5.82 Å². The first-order chi connectivity index (χ1) is 11.3. The predicted molar refractivity (Wildman–Crippen MR) is 104 cm³/mol. The SMILES string of the molecule is CC(C(=O)Nc1cc(C2CCC(C(C)(C)C)CC2)[nH]n1)C1CNC1.Cl. The van der Waals surface area contributed by atoms with Crippen molar-refractivity contribution in [2.75, 3.05) is 18.4 Å². The van der Waals surface area contributed by atoms with Crippen LogP contribution >= 0.6 is 12.4 Å². The van der Waals surface area contributed by atoms with Crippen LogP contribution in [-0.4, -0.2) is 29.2 Å². The molecule has 1 amide bonds. The van der Waals surface area contributed by atoms with E-state index >= 15 is 0 Å². The minimum Gasteiger partial charge on any atom is -0.316 e. The summed E-state index contributed by atoms with van der Waals surface area (Å²) in [6.07, 6.45) is 4.98. The fourth-order valence-electron chi connectivity index (χ4n) is 4.00. The van der Waals surface area contributed by atoms with Gasteiger partial charge in [-0.15, -0.1) is 12.4 Å². The van der Waals surface area contributed by atoms with E-state index < -0.39 is 0 Å². The van der Waals surface area contributed by atoms with Crippen molar-refractivity contribution in [3.63, 3.8) is 0 Å². The van der Waals surface area contributed by atoms with Crippen molar-refractivity contribution >= 4 is 24.1 Å². The molecule has 1 aromatic rings. The molecule has 1 saturated carbocycles. The summed E-state index contributed by atoms with van der Waals surface area (Å²) >= 11 is 0. The lowest BCUT2D eigenvalue weighted by Crippen LogP contribution is -2.48. The molecule has 1 unspecified atom stereocenters. The maximum Gasteiger partial charge on any atom is 0.228 e. The second-order valence-corrected chi connectivity index (χ2v) is 8.82. The van der Waals surface area contributed by atoms with Crippen molar-refractivity contribution < 1.29 is 4.79 Å². The number of hydrogen-bond donors (Lipinski definition) is 3. The second-order valence-electron chi connectivity index (χ2n) is 8.82. The Balaban J connectivity index is 0.00000225. The zero-order valence-corrected chi connectivity index (χ0v) is 16.7. The van der Waals surface area contributed by atoms with Gasteiger partial charge in [-0.25, -0.2) is 0 Å². The third kappa shape index (κ3) is 4.76. The first kappa shape index (κ1) is 20.2. The lowest BCUT2D eigenvalue weighted by Gasteiger charge is -2.36. The smallest absolute Gasteiger partial charge is 0.228 e. The van der Waals surface area contributed by atoms with Gasteiger partial charge in [0.1, 0.15) is 0 Å². The van der Waals surface area contributed by atoms with Crippen LogP contribution in [0.25, 0.3) is 0 Å². The van der Waals surface area contributed by atoms with Crippen LogP contribution in [0.1, 0.15) is 65.0 Å². The maximum absolute atomic E-state index is 12.3. The molecule has 0 aromatic carbocycles. The Labute approximate surface area is 157 Å². The number of nitrogens with one attached hydrogen (secondary N) is 3. The van der Waals surface area contributed by atoms with E-state index in [1.165, 1.54) is 31.4 Å². The Kier molecular flexibility index (Phi) is 6.55. The zero-order valence-electron chi connectivity index (χ0n) is 15.9. The van der Waals surface area contributed by atoms with Gasteiger partial charge in [0.2, 0.25) is 5.91 Å². The number of carbonyl (C=O) groups is 1. The standard InChI is InChI=1S/C19H32N4O.ClH/c1-12(14-10-20-11-14)18(24)21-17-9-16(22-23-17)13-5-7-15(8-6-13)19(2,3)4;/h9,12-15,20H,5-8,10-11H2,1-4H3,(H2,21,22,23,24);1H. The van der Waals surface area contributed by atoms with Crippen molar-refractivity contribution in [2.45, 2.75) is 59.3 Å². The van der Waals surface area contributed by atoms with Gasteiger partial charge in [-0.1, -0.05) is 27.7 Å². The summed E-state index contributed by atoms with van der Waals surface area (Å²) in [7, 11) is 0. The molecule has 25 heavy (non-hydrogen) atoms. The molecule has 1 saturated heterocycles. The van der Waals surface area contributed by atoms with Crippen molar-refractivity contribution in [3.8, 4) is 0 Å². The Morgan fingerprint density at radius 3 is 2.40 bits per heavy atom. The van der Waals surface area contributed by atoms with Crippen molar-refractivity contribution in [3.05, 3.63) is 11.8 Å². The summed E-state index contributed by atoms with van der Waals surface area (Å²) in [6.45, 7) is 10.9. The molecular formula is C19H33ClN4O. The van der Waals surface area contributed by atoms with E-state index in [4.69, 9.17) is 0 Å². The molecule has 5 nitrogen and oxygen atoms in total. The van der Waals surface area contributed by atoms with Crippen LogP contribution in [-0.2, 0) is 4.79 Å². The Bertz CT molecular complexity index is 568. The van der Waals surface area contributed by atoms with E-state index in [1.54, 1.807) is 0 Å². The maximum atomic E-state index is 12.3. The average Bonchev–Trinajstić information content (AvgIpc) is 2.93. The molecule has 3 rings (SSSR count). The van der Waals surface area contributed by atoms with Gasteiger partial charge in [-0.05, 0) is 56.0 Å². The van der Waals surface area contributed by atoms with Gasteiger partial charge < -0.3 is 10.6 Å². The molecule has 2 aliphatic rings. The van der Waals surface area contributed by atoms with Gasteiger partial charge in [0.05, 0.1) is 0 Å². The van der Waals surface area contributed by atoms with Crippen molar-refractivity contribution in [1.82, 2.24) is 15.5 Å². The topological polar surface area (TPSA) is 69.8 Å². The normalized spacial score (nSPS) is 25.6. The molecule has 142 valence electrons. The van der Waals surface area contributed by atoms with E-state index in [2.05, 4.69) is 41.6 Å². The number of aromatic amines is 1. The Morgan fingerprint density at radius 2 is 1.88 bits per heavy atom. The number of H-pyrrole nitrogens is 1. The van der Waals surface area contributed by atoms with Crippen LogP contribution in [0.2, 0.25) is 0 Å². The van der Waals surface area contributed by atoms with E-state index in [0.717, 1.165) is 19.0 Å². The lowest BCUT2D eigenvalue weighted by molar-refractivity contribution is -0.121. The van der Waals surface area contributed by atoms with Crippen molar-refractivity contribution in [1.29, 1.82) is 0 Å². The molecule has 1 atom stereocenters. The number of aromatic nitrogens is 2. The highest BCUT2D eigenvalue weighted by atomic mass is 35.5. The van der Waals surface area contributed by atoms with Gasteiger partial charge >= 0.3 is 0 Å². The third-order valence-electron chi connectivity index (χ3n) is 6.17. The molecular weight excluding hydrogens is 336 g/mol. The van der Waals surface area contributed by atoms with E-state index in [0.29, 0.717) is 23.1 Å². The van der Waals surface area contributed by atoms with Crippen LogP contribution < -0.4 is 10.6 Å².